The minimum Gasteiger partial charge on any atom is -0.440 e. The molecule has 2 fully saturated rings. The lowest BCUT2D eigenvalue weighted by Crippen LogP contribution is -2.49. The van der Waals surface area contributed by atoms with Crippen molar-refractivity contribution in [3.63, 3.8) is 0 Å². The maximum absolute atomic E-state index is 12.9. The first-order valence-electron chi connectivity index (χ1n) is 15.2. The second-order valence-corrected chi connectivity index (χ2v) is 12.3. The van der Waals surface area contributed by atoms with Gasteiger partial charge in [0, 0.05) is 48.9 Å². The standard InChI is InChI=1S/C33H33F3N6O5/c1-32(2,46)23-15-25-26(16-24(23)38-29(44)21-6-7-27(37-17-21)33(34,35)36)47-30(39-25)20-8-11-41(12-9-20)18-19-4-3-5-22(14-19)42-13-10-28(43)40-31(42)45/h3-7,14-17,20,46H,8-13,18H2,1-2H3,(H,38,44)(H,40,43,45). The van der Waals surface area contributed by atoms with Crippen LogP contribution in [0.25, 0.3) is 11.1 Å². The summed E-state index contributed by atoms with van der Waals surface area (Å²) in [5.74, 6) is -0.377. The summed E-state index contributed by atoms with van der Waals surface area (Å²) < 4.78 is 44.9. The van der Waals surface area contributed by atoms with Gasteiger partial charge in [-0.3, -0.25) is 29.7 Å². The van der Waals surface area contributed by atoms with E-state index < -0.39 is 29.4 Å². The first kappa shape index (κ1) is 32.1. The molecular weight excluding hydrogens is 617 g/mol. The van der Waals surface area contributed by atoms with Crippen molar-refractivity contribution in [3.05, 3.63) is 83.0 Å². The Labute approximate surface area is 267 Å². The van der Waals surface area contributed by atoms with Gasteiger partial charge >= 0.3 is 12.2 Å². The van der Waals surface area contributed by atoms with Crippen LogP contribution in [0.1, 0.15) is 72.1 Å². The number of carbonyl (C=O) groups is 3. The number of aromatic nitrogens is 2. The molecule has 6 rings (SSSR count). The smallest absolute Gasteiger partial charge is 0.433 e. The number of likely N-dealkylation sites (tertiary alicyclic amines) is 1. The number of amides is 4. The number of nitrogens with one attached hydrogen (secondary N) is 2. The Bertz CT molecular complexity index is 1830. The molecule has 0 radical (unpaired) electrons. The van der Waals surface area contributed by atoms with E-state index in [-0.39, 0.29) is 29.5 Å². The number of anilines is 2. The van der Waals surface area contributed by atoms with E-state index in [0.717, 1.165) is 55.5 Å². The van der Waals surface area contributed by atoms with Crippen LogP contribution in [-0.2, 0) is 23.1 Å². The van der Waals surface area contributed by atoms with Crippen molar-refractivity contribution in [3.8, 4) is 0 Å². The van der Waals surface area contributed by atoms with Gasteiger partial charge in [-0.1, -0.05) is 12.1 Å². The van der Waals surface area contributed by atoms with Crippen LogP contribution >= 0.6 is 0 Å². The van der Waals surface area contributed by atoms with Gasteiger partial charge in [0.05, 0.1) is 16.9 Å². The molecule has 4 amide bonds. The predicted molar refractivity (Wildman–Crippen MR) is 166 cm³/mol. The number of nitrogens with zero attached hydrogens (tertiary/aromatic N) is 4. The van der Waals surface area contributed by atoms with E-state index in [9.17, 15) is 32.7 Å². The third-order valence-corrected chi connectivity index (χ3v) is 8.39. The molecule has 2 aliphatic rings. The summed E-state index contributed by atoms with van der Waals surface area (Å²) in [7, 11) is 0. The van der Waals surface area contributed by atoms with Crippen LogP contribution in [0.3, 0.4) is 0 Å². The quantitative estimate of drug-likeness (QED) is 0.237. The van der Waals surface area contributed by atoms with Gasteiger partial charge in [-0.05, 0) is 75.7 Å². The van der Waals surface area contributed by atoms with Gasteiger partial charge in [-0.2, -0.15) is 13.2 Å². The first-order chi connectivity index (χ1) is 22.2. The first-order valence-corrected chi connectivity index (χ1v) is 15.2. The molecule has 0 atom stereocenters. The van der Waals surface area contributed by atoms with Crippen molar-refractivity contribution in [1.29, 1.82) is 0 Å². The van der Waals surface area contributed by atoms with Crippen molar-refractivity contribution >= 4 is 40.3 Å². The monoisotopic (exact) mass is 650 g/mol. The number of pyridine rings is 1. The molecule has 0 aliphatic carbocycles. The Hall–Kier alpha value is -4.82. The lowest BCUT2D eigenvalue weighted by Gasteiger charge is -2.31. The molecule has 0 bridgehead atoms. The Morgan fingerprint density at radius 1 is 1.09 bits per heavy atom. The second kappa shape index (κ2) is 12.4. The van der Waals surface area contributed by atoms with Crippen LogP contribution in [0.15, 0.2) is 59.1 Å². The fourth-order valence-corrected chi connectivity index (χ4v) is 5.90. The highest BCUT2D eigenvalue weighted by Gasteiger charge is 2.33. The van der Waals surface area contributed by atoms with E-state index >= 15 is 0 Å². The van der Waals surface area contributed by atoms with Crippen LogP contribution in [0.4, 0.5) is 29.3 Å². The second-order valence-electron chi connectivity index (χ2n) is 12.3. The molecule has 0 spiro atoms. The Kier molecular flexibility index (Phi) is 8.49. The van der Waals surface area contributed by atoms with Crippen molar-refractivity contribution < 1.29 is 37.1 Å². The van der Waals surface area contributed by atoms with Gasteiger partial charge in [0.2, 0.25) is 5.91 Å². The van der Waals surface area contributed by atoms with Crippen LogP contribution in [-0.4, -0.2) is 57.5 Å². The molecule has 2 aromatic carbocycles. The highest BCUT2D eigenvalue weighted by Crippen LogP contribution is 2.36. The number of hydrogen-bond donors (Lipinski definition) is 3. The number of halogens is 3. The van der Waals surface area contributed by atoms with Gasteiger partial charge in [-0.15, -0.1) is 0 Å². The molecule has 4 heterocycles. The third-order valence-electron chi connectivity index (χ3n) is 8.39. The van der Waals surface area contributed by atoms with Crippen LogP contribution in [0.2, 0.25) is 0 Å². The van der Waals surface area contributed by atoms with Crippen LogP contribution in [0, 0.1) is 0 Å². The predicted octanol–water partition coefficient (Wildman–Crippen LogP) is 5.55. The summed E-state index contributed by atoms with van der Waals surface area (Å²) in [6.45, 7) is 5.70. The Morgan fingerprint density at radius 3 is 2.51 bits per heavy atom. The molecule has 0 unspecified atom stereocenters. The van der Waals surface area contributed by atoms with E-state index in [1.807, 2.05) is 24.3 Å². The average Bonchev–Trinajstić information content (AvgIpc) is 3.43. The minimum absolute atomic E-state index is 0.0430. The number of aliphatic hydroxyl groups is 1. The zero-order valence-corrected chi connectivity index (χ0v) is 25.7. The lowest BCUT2D eigenvalue weighted by molar-refractivity contribution is -0.141. The van der Waals surface area contributed by atoms with Crippen molar-refractivity contribution in [2.45, 2.75) is 57.3 Å². The van der Waals surface area contributed by atoms with Gasteiger partial charge < -0.3 is 14.8 Å². The highest BCUT2D eigenvalue weighted by atomic mass is 19.4. The summed E-state index contributed by atoms with van der Waals surface area (Å²) in [6, 6.07) is 12.3. The molecule has 47 heavy (non-hydrogen) atoms. The molecule has 14 heteroatoms. The molecule has 2 aromatic heterocycles. The number of oxazole rings is 1. The third kappa shape index (κ3) is 7.13. The fraction of sp³-hybridized carbons (Fsp3) is 0.364. The fourth-order valence-electron chi connectivity index (χ4n) is 5.90. The van der Waals surface area contributed by atoms with Crippen molar-refractivity contribution in [2.24, 2.45) is 0 Å². The number of urea groups is 1. The van der Waals surface area contributed by atoms with Gasteiger partial charge in [0.1, 0.15) is 11.2 Å². The van der Waals surface area contributed by atoms with E-state index in [0.29, 0.717) is 35.6 Å². The zero-order chi connectivity index (χ0) is 33.5. The number of carbonyl (C=O) groups excluding carboxylic acids is 3. The summed E-state index contributed by atoms with van der Waals surface area (Å²) in [5.41, 5.74) is 0.735. The summed E-state index contributed by atoms with van der Waals surface area (Å²) in [5, 5.41) is 15.9. The molecule has 0 saturated carbocycles. The van der Waals surface area contributed by atoms with Crippen molar-refractivity contribution in [2.75, 3.05) is 29.9 Å². The number of hydrogen-bond acceptors (Lipinski definition) is 8. The number of piperidine rings is 1. The lowest BCUT2D eigenvalue weighted by atomic mass is 9.95. The SMILES string of the molecule is CC(C)(O)c1cc2nc(C3CCN(Cc4cccc(N5CCC(=O)NC5=O)c4)CC3)oc2cc1NC(=O)c1ccc(C(F)(F)F)nc1. The topological polar surface area (TPSA) is 141 Å². The van der Waals surface area contributed by atoms with E-state index in [1.54, 1.807) is 30.9 Å². The molecule has 11 nitrogen and oxygen atoms in total. The molecule has 3 N–H and O–H groups in total. The zero-order valence-electron chi connectivity index (χ0n) is 25.7. The Morgan fingerprint density at radius 2 is 1.85 bits per heavy atom. The summed E-state index contributed by atoms with van der Waals surface area (Å²) in [4.78, 5) is 48.7. The van der Waals surface area contributed by atoms with E-state index in [2.05, 4.69) is 20.5 Å². The summed E-state index contributed by atoms with van der Waals surface area (Å²) >= 11 is 0. The van der Waals surface area contributed by atoms with E-state index in [1.165, 1.54) is 0 Å². The number of alkyl halides is 3. The van der Waals surface area contributed by atoms with Crippen molar-refractivity contribution in [1.82, 2.24) is 20.2 Å². The molecular formula is C33H33F3N6O5. The number of fused-ring (bicyclic) bond motifs is 1. The number of rotatable bonds is 7. The molecule has 4 aromatic rings. The maximum atomic E-state index is 12.9. The van der Waals surface area contributed by atoms with Crippen LogP contribution < -0.4 is 15.5 Å². The molecule has 2 aliphatic heterocycles. The number of imide groups is 1. The van der Waals surface area contributed by atoms with E-state index in [4.69, 9.17) is 9.40 Å². The highest BCUT2D eigenvalue weighted by molar-refractivity contribution is 6.06. The van der Waals surface area contributed by atoms with Gasteiger partial charge in [-0.25, -0.2) is 9.78 Å². The Balaban J connectivity index is 1.13. The van der Waals surface area contributed by atoms with Gasteiger partial charge in [0.15, 0.2) is 11.5 Å². The largest absolute Gasteiger partial charge is 0.440 e. The molecule has 2 saturated heterocycles. The maximum Gasteiger partial charge on any atom is 0.433 e. The normalized spacial score (nSPS) is 16.9. The minimum atomic E-state index is -4.63. The van der Waals surface area contributed by atoms with Crippen LogP contribution in [0.5, 0.6) is 0 Å². The molecule has 246 valence electrons. The average molecular weight is 651 g/mol. The summed E-state index contributed by atoms with van der Waals surface area (Å²) in [6.07, 6.45) is -1.95. The van der Waals surface area contributed by atoms with Gasteiger partial charge in [0.25, 0.3) is 5.91 Å². The number of benzene rings is 2.